The van der Waals surface area contributed by atoms with Gasteiger partial charge in [0, 0.05) is 31.3 Å². The minimum Gasteiger partial charge on any atom is -0.497 e. The van der Waals surface area contributed by atoms with E-state index < -0.39 is 0 Å². The smallest absolute Gasteiger partial charge is 0.227 e. The number of carbonyl (C=O) groups excluding carboxylic acids is 2. The molecule has 1 aliphatic heterocycles. The molecule has 148 valence electrons. The van der Waals surface area contributed by atoms with E-state index in [1.165, 1.54) is 0 Å². The van der Waals surface area contributed by atoms with Gasteiger partial charge in [-0.1, -0.05) is 24.3 Å². The molecule has 0 saturated heterocycles. The van der Waals surface area contributed by atoms with Crippen molar-refractivity contribution in [2.75, 3.05) is 12.0 Å². The summed E-state index contributed by atoms with van der Waals surface area (Å²) in [7, 11) is 1.61. The first-order valence-electron chi connectivity index (χ1n) is 9.61. The minimum atomic E-state index is -0.144. The number of benzene rings is 2. The number of carbonyl (C=O) groups is 2. The number of hydrogen-bond acceptors (Lipinski definition) is 3. The van der Waals surface area contributed by atoms with Gasteiger partial charge in [-0.15, -0.1) is 0 Å². The SMILES string of the molecule is COc1cccc(CNC(=O)CCC(=O)N2Cc3cccn3-c3ccccc32)c1. The van der Waals surface area contributed by atoms with Gasteiger partial charge in [0.1, 0.15) is 5.75 Å². The Bertz CT molecular complexity index is 1040. The number of nitrogens with one attached hydrogen (secondary N) is 1. The van der Waals surface area contributed by atoms with Crippen molar-refractivity contribution in [1.29, 1.82) is 0 Å². The highest BCUT2D eigenvalue weighted by Crippen LogP contribution is 2.32. The molecule has 29 heavy (non-hydrogen) atoms. The third-order valence-electron chi connectivity index (χ3n) is 5.08. The molecule has 1 aliphatic rings. The van der Waals surface area contributed by atoms with E-state index in [1.54, 1.807) is 12.0 Å². The number of hydrogen-bond donors (Lipinski definition) is 1. The predicted molar refractivity (Wildman–Crippen MR) is 111 cm³/mol. The molecule has 3 aromatic rings. The largest absolute Gasteiger partial charge is 0.497 e. The maximum absolute atomic E-state index is 12.9. The Balaban J connectivity index is 1.36. The molecule has 0 unspecified atom stereocenters. The molecule has 1 N–H and O–H groups in total. The lowest BCUT2D eigenvalue weighted by atomic mass is 10.1. The standard InChI is InChI=1S/C23H23N3O3/c1-29-19-8-4-6-17(14-19)15-24-22(27)11-12-23(28)26-16-18-7-5-13-25(18)20-9-2-3-10-21(20)26/h2-10,13-14H,11-12,15-16H2,1H3,(H,24,27). The van der Waals surface area contributed by atoms with Gasteiger partial charge in [-0.3, -0.25) is 9.59 Å². The molecule has 2 amide bonds. The van der Waals surface area contributed by atoms with Gasteiger partial charge in [0.25, 0.3) is 0 Å². The average Bonchev–Trinajstić information content (AvgIpc) is 3.24. The maximum atomic E-state index is 12.9. The summed E-state index contributed by atoms with van der Waals surface area (Å²) in [4.78, 5) is 26.9. The molecule has 2 aromatic carbocycles. The quantitative estimate of drug-likeness (QED) is 0.703. The highest BCUT2D eigenvalue weighted by atomic mass is 16.5. The average molecular weight is 389 g/mol. The van der Waals surface area contributed by atoms with Gasteiger partial charge in [-0.25, -0.2) is 0 Å². The maximum Gasteiger partial charge on any atom is 0.227 e. The van der Waals surface area contributed by atoms with Crippen LogP contribution in [0.5, 0.6) is 5.75 Å². The van der Waals surface area contributed by atoms with Crippen molar-refractivity contribution in [2.24, 2.45) is 0 Å². The van der Waals surface area contributed by atoms with E-state index in [0.717, 1.165) is 28.4 Å². The molecule has 2 heterocycles. The summed E-state index contributed by atoms with van der Waals surface area (Å²) < 4.78 is 7.29. The summed E-state index contributed by atoms with van der Waals surface area (Å²) in [5.74, 6) is 0.553. The molecule has 0 spiro atoms. The summed E-state index contributed by atoms with van der Waals surface area (Å²) in [6, 6.07) is 19.4. The van der Waals surface area contributed by atoms with Crippen LogP contribution in [0.15, 0.2) is 66.9 Å². The van der Waals surface area contributed by atoms with Gasteiger partial charge < -0.3 is 19.5 Å². The molecule has 0 saturated carbocycles. The molecule has 0 aliphatic carbocycles. The number of rotatable bonds is 6. The van der Waals surface area contributed by atoms with Gasteiger partial charge in [-0.2, -0.15) is 0 Å². The minimum absolute atomic E-state index is 0.0542. The van der Waals surface area contributed by atoms with Crippen LogP contribution in [0.2, 0.25) is 0 Å². The lowest BCUT2D eigenvalue weighted by molar-refractivity contribution is -0.125. The van der Waals surface area contributed by atoms with Crippen LogP contribution in [0.25, 0.3) is 5.69 Å². The zero-order valence-corrected chi connectivity index (χ0v) is 16.3. The molecule has 0 atom stereocenters. The number of aromatic nitrogens is 1. The van der Waals surface area contributed by atoms with Crippen molar-refractivity contribution in [1.82, 2.24) is 9.88 Å². The van der Waals surface area contributed by atoms with Crippen LogP contribution in [0, 0.1) is 0 Å². The lowest BCUT2D eigenvalue weighted by Gasteiger charge is -2.31. The molecule has 4 rings (SSSR count). The van der Waals surface area contributed by atoms with Crippen molar-refractivity contribution in [3.05, 3.63) is 78.1 Å². The van der Waals surface area contributed by atoms with E-state index in [4.69, 9.17) is 4.74 Å². The summed E-state index contributed by atoms with van der Waals surface area (Å²) in [6.45, 7) is 0.915. The Kier molecular flexibility index (Phi) is 5.33. The van der Waals surface area contributed by atoms with Crippen LogP contribution in [0.1, 0.15) is 24.1 Å². The molecular formula is C23H23N3O3. The molecular weight excluding hydrogens is 366 g/mol. The summed E-state index contributed by atoms with van der Waals surface area (Å²) in [5.41, 5.74) is 3.86. The van der Waals surface area contributed by atoms with Gasteiger partial charge >= 0.3 is 0 Å². The highest BCUT2D eigenvalue weighted by molar-refractivity contribution is 5.97. The van der Waals surface area contributed by atoms with E-state index >= 15 is 0 Å². The fourth-order valence-corrected chi connectivity index (χ4v) is 3.57. The number of nitrogens with zero attached hydrogens (tertiary/aromatic N) is 2. The normalized spacial score (nSPS) is 12.1. The third kappa shape index (κ3) is 4.01. The van der Waals surface area contributed by atoms with Crippen molar-refractivity contribution in [3.8, 4) is 11.4 Å². The lowest BCUT2D eigenvalue weighted by Crippen LogP contribution is -2.35. The Labute approximate surface area is 169 Å². The topological polar surface area (TPSA) is 63.6 Å². The fourth-order valence-electron chi connectivity index (χ4n) is 3.57. The van der Waals surface area contributed by atoms with E-state index in [2.05, 4.69) is 9.88 Å². The van der Waals surface area contributed by atoms with Gasteiger partial charge in [-0.05, 0) is 42.0 Å². The van der Waals surface area contributed by atoms with Crippen molar-refractivity contribution in [3.63, 3.8) is 0 Å². The van der Waals surface area contributed by atoms with Gasteiger partial charge in [0.15, 0.2) is 0 Å². The zero-order chi connectivity index (χ0) is 20.2. The number of ether oxygens (including phenoxy) is 1. The van der Waals surface area contributed by atoms with Crippen LogP contribution >= 0.6 is 0 Å². The fraction of sp³-hybridized carbons (Fsp3) is 0.217. The first-order valence-corrected chi connectivity index (χ1v) is 9.61. The first-order chi connectivity index (χ1) is 14.2. The Morgan fingerprint density at radius 2 is 1.83 bits per heavy atom. The van der Waals surface area contributed by atoms with Gasteiger partial charge in [0.2, 0.25) is 11.8 Å². The Hall–Kier alpha value is -3.54. The number of fused-ring (bicyclic) bond motifs is 3. The molecule has 0 radical (unpaired) electrons. The second-order valence-corrected chi connectivity index (χ2v) is 6.97. The Morgan fingerprint density at radius 3 is 2.66 bits per heavy atom. The number of methoxy groups -OCH3 is 1. The monoisotopic (exact) mass is 389 g/mol. The zero-order valence-electron chi connectivity index (χ0n) is 16.3. The summed E-state index contributed by atoms with van der Waals surface area (Å²) in [5, 5.41) is 2.87. The van der Waals surface area contributed by atoms with Crippen LogP contribution in [0.4, 0.5) is 5.69 Å². The number of para-hydroxylation sites is 2. The number of amides is 2. The first kappa shape index (κ1) is 18.8. The van der Waals surface area contributed by atoms with Crippen molar-refractivity contribution < 1.29 is 14.3 Å². The highest BCUT2D eigenvalue weighted by Gasteiger charge is 2.25. The van der Waals surface area contributed by atoms with E-state index in [9.17, 15) is 9.59 Å². The predicted octanol–water partition coefficient (Wildman–Crippen LogP) is 3.43. The summed E-state index contributed by atoms with van der Waals surface area (Å²) >= 11 is 0. The molecule has 1 aromatic heterocycles. The van der Waals surface area contributed by atoms with Crippen LogP contribution in [-0.4, -0.2) is 23.5 Å². The molecule has 6 heteroatoms. The van der Waals surface area contributed by atoms with Crippen LogP contribution in [0.3, 0.4) is 0 Å². The van der Waals surface area contributed by atoms with Gasteiger partial charge in [0.05, 0.1) is 25.0 Å². The second kappa shape index (κ2) is 8.22. The molecule has 6 nitrogen and oxygen atoms in total. The second-order valence-electron chi connectivity index (χ2n) is 6.97. The number of anilines is 1. The van der Waals surface area contributed by atoms with Crippen molar-refractivity contribution in [2.45, 2.75) is 25.9 Å². The Morgan fingerprint density at radius 1 is 1.00 bits per heavy atom. The molecule has 0 bridgehead atoms. The molecule has 0 fully saturated rings. The van der Waals surface area contributed by atoms with E-state index in [1.807, 2.05) is 66.9 Å². The van der Waals surface area contributed by atoms with Crippen LogP contribution < -0.4 is 15.0 Å². The van der Waals surface area contributed by atoms with Crippen LogP contribution in [-0.2, 0) is 22.7 Å². The third-order valence-corrected chi connectivity index (χ3v) is 5.08. The van der Waals surface area contributed by atoms with E-state index in [-0.39, 0.29) is 24.7 Å². The summed E-state index contributed by atoms with van der Waals surface area (Å²) in [6.07, 6.45) is 2.32. The van der Waals surface area contributed by atoms with Crippen molar-refractivity contribution >= 4 is 17.5 Å². The van der Waals surface area contributed by atoms with E-state index in [0.29, 0.717) is 13.1 Å².